The molecule has 1 saturated carbocycles. The zero-order valence-electron chi connectivity index (χ0n) is 12.8. The van der Waals surface area contributed by atoms with E-state index in [1.807, 2.05) is 24.0 Å². The van der Waals surface area contributed by atoms with Gasteiger partial charge in [-0.15, -0.1) is 0 Å². The van der Waals surface area contributed by atoms with Crippen LogP contribution in [-0.2, 0) is 9.53 Å². The molecule has 0 bridgehead atoms. The summed E-state index contributed by atoms with van der Waals surface area (Å²) in [5.74, 6) is 0.427. The van der Waals surface area contributed by atoms with Gasteiger partial charge in [-0.3, -0.25) is 4.79 Å². The predicted octanol–water partition coefficient (Wildman–Crippen LogP) is 2.02. The second-order valence-corrected chi connectivity index (χ2v) is 6.52. The lowest BCUT2D eigenvalue weighted by atomic mass is 9.94. The van der Waals surface area contributed by atoms with E-state index in [1.165, 1.54) is 11.1 Å². The molecule has 21 heavy (non-hydrogen) atoms. The fourth-order valence-corrected chi connectivity index (χ4v) is 3.17. The number of carbonyl (C=O) groups is 1. The smallest absolute Gasteiger partial charge is 0.242 e. The van der Waals surface area contributed by atoms with Gasteiger partial charge in [-0.25, -0.2) is 0 Å². The maximum Gasteiger partial charge on any atom is 0.242 e. The number of ether oxygens (including phenoxy) is 1. The van der Waals surface area contributed by atoms with Crippen LogP contribution in [0.25, 0.3) is 0 Å². The van der Waals surface area contributed by atoms with Crippen molar-refractivity contribution in [3.63, 3.8) is 0 Å². The summed E-state index contributed by atoms with van der Waals surface area (Å²) in [5, 5.41) is 0. The molecule has 4 heteroatoms. The van der Waals surface area contributed by atoms with Gasteiger partial charge in [0.25, 0.3) is 0 Å². The van der Waals surface area contributed by atoms with E-state index >= 15 is 0 Å². The average molecular weight is 288 g/mol. The maximum atomic E-state index is 12.7. The molecule has 1 aliphatic heterocycles. The van der Waals surface area contributed by atoms with Crippen LogP contribution in [0.4, 0.5) is 0 Å². The Labute approximate surface area is 126 Å². The molecular formula is C17H24N2O2. The highest BCUT2D eigenvalue weighted by atomic mass is 16.5. The molecule has 1 heterocycles. The molecule has 1 aromatic carbocycles. The van der Waals surface area contributed by atoms with Crippen molar-refractivity contribution >= 4 is 5.91 Å². The lowest BCUT2D eigenvalue weighted by Gasteiger charge is -2.38. The number of nitrogens with two attached hydrogens (primary N) is 1. The van der Waals surface area contributed by atoms with Crippen LogP contribution in [0.2, 0.25) is 0 Å². The van der Waals surface area contributed by atoms with Crippen molar-refractivity contribution in [1.82, 2.24) is 4.90 Å². The molecule has 4 nitrogen and oxygen atoms in total. The minimum atomic E-state index is -0.715. The van der Waals surface area contributed by atoms with Crippen LogP contribution in [0.5, 0.6) is 0 Å². The fourth-order valence-electron chi connectivity index (χ4n) is 3.17. The van der Waals surface area contributed by atoms with Gasteiger partial charge in [0.2, 0.25) is 5.91 Å². The van der Waals surface area contributed by atoms with Gasteiger partial charge in [0.1, 0.15) is 6.10 Å². The summed E-state index contributed by atoms with van der Waals surface area (Å²) in [7, 11) is 0. The zero-order valence-corrected chi connectivity index (χ0v) is 12.8. The summed E-state index contributed by atoms with van der Waals surface area (Å²) in [6.45, 7) is 5.78. The number of rotatable bonds is 3. The first-order chi connectivity index (χ1) is 10.00. The third-order valence-electron chi connectivity index (χ3n) is 4.78. The SMILES string of the molecule is Cc1ccccc1[C@@H]1CN(C(=O)[C@](C)(N)C2CC2)CCO1. The number of aryl methyl sites for hydroxylation is 1. The Morgan fingerprint density at radius 3 is 2.76 bits per heavy atom. The average Bonchev–Trinajstić information content (AvgIpc) is 3.32. The van der Waals surface area contributed by atoms with E-state index in [0.29, 0.717) is 25.6 Å². The van der Waals surface area contributed by atoms with Crippen molar-refractivity contribution in [2.24, 2.45) is 11.7 Å². The number of benzene rings is 1. The monoisotopic (exact) mass is 288 g/mol. The molecule has 2 N–H and O–H groups in total. The van der Waals surface area contributed by atoms with Crippen molar-refractivity contribution in [2.45, 2.75) is 38.3 Å². The highest BCUT2D eigenvalue weighted by molar-refractivity contribution is 5.86. The standard InChI is InChI=1S/C17H24N2O2/c1-12-5-3-4-6-14(12)15-11-19(9-10-21-15)16(20)17(2,18)13-7-8-13/h3-6,13,15H,7-11,18H2,1-2H3/t15-,17+/m0/s1. The zero-order chi connectivity index (χ0) is 15.0. The van der Waals surface area contributed by atoms with E-state index in [-0.39, 0.29) is 12.0 Å². The Morgan fingerprint density at radius 1 is 1.38 bits per heavy atom. The van der Waals surface area contributed by atoms with Gasteiger partial charge in [-0.05, 0) is 43.7 Å². The van der Waals surface area contributed by atoms with E-state index < -0.39 is 5.54 Å². The highest BCUT2D eigenvalue weighted by Gasteiger charge is 2.46. The van der Waals surface area contributed by atoms with Gasteiger partial charge in [0.05, 0.1) is 18.7 Å². The van der Waals surface area contributed by atoms with Crippen LogP contribution in [0.3, 0.4) is 0 Å². The van der Waals surface area contributed by atoms with E-state index in [4.69, 9.17) is 10.5 Å². The van der Waals surface area contributed by atoms with E-state index in [9.17, 15) is 4.79 Å². The molecular weight excluding hydrogens is 264 g/mol. The van der Waals surface area contributed by atoms with E-state index in [2.05, 4.69) is 19.1 Å². The summed E-state index contributed by atoms with van der Waals surface area (Å²) >= 11 is 0. The molecule has 2 fully saturated rings. The number of carbonyl (C=O) groups excluding carboxylic acids is 1. The van der Waals surface area contributed by atoms with Crippen LogP contribution >= 0.6 is 0 Å². The lowest BCUT2D eigenvalue weighted by molar-refractivity contribution is -0.145. The van der Waals surface area contributed by atoms with Crippen molar-refractivity contribution in [1.29, 1.82) is 0 Å². The molecule has 1 aromatic rings. The largest absolute Gasteiger partial charge is 0.370 e. The second-order valence-electron chi connectivity index (χ2n) is 6.52. The maximum absolute atomic E-state index is 12.7. The topological polar surface area (TPSA) is 55.6 Å². The Kier molecular flexibility index (Phi) is 3.76. The third kappa shape index (κ3) is 2.83. The first-order valence-corrected chi connectivity index (χ1v) is 7.75. The molecule has 1 amide bonds. The first-order valence-electron chi connectivity index (χ1n) is 7.75. The predicted molar refractivity (Wildman–Crippen MR) is 81.8 cm³/mol. The lowest BCUT2D eigenvalue weighted by Crippen LogP contribution is -2.57. The Morgan fingerprint density at radius 2 is 2.10 bits per heavy atom. The third-order valence-corrected chi connectivity index (χ3v) is 4.78. The molecule has 1 aliphatic carbocycles. The van der Waals surface area contributed by atoms with Crippen LogP contribution in [0.1, 0.15) is 37.0 Å². The van der Waals surface area contributed by atoms with Gasteiger partial charge in [-0.1, -0.05) is 24.3 Å². The van der Waals surface area contributed by atoms with Gasteiger partial charge in [-0.2, -0.15) is 0 Å². The highest BCUT2D eigenvalue weighted by Crippen LogP contribution is 2.39. The number of hydrogen-bond acceptors (Lipinski definition) is 3. The van der Waals surface area contributed by atoms with Gasteiger partial charge in [0.15, 0.2) is 0 Å². The second kappa shape index (κ2) is 5.43. The molecule has 2 aliphatic rings. The van der Waals surface area contributed by atoms with Crippen LogP contribution in [0.15, 0.2) is 24.3 Å². The minimum Gasteiger partial charge on any atom is -0.370 e. The van der Waals surface area contributed by atoms with Gasteiger partial charge in [0, 0.05) is 6.54 Å². The van der Waals surface area contributed by atoms with Crippen LogP contribution in [-0.4, -0.2) is 36.0 Å². The fraction of sp³-hybridized carbons (Fsp3) is 0.588. The molecule has 3 rings (SSSR count). The van der Waals surface area contributed by atoms with Gasteiger partial charge >= 0.3 is 0 Å². The minimum absolute atomic E-state index is 0.0427. The Hall–Kier alpha value is -1.39. The quantitative estimate of drug-likeness (QED) is 0.926. The normalized spacial score (nSPS) is 25.5. The van der Waals surface area contributed by atoms with Gasteiger partial charge < -0.3 is 15.4 Å². The number of nitrogens with zero attached hydrogens (tertiary/aromatic N) is 1. The van der Waals surface area contributed by atoms with E-state index in [1.54, 1.807) is 0 Å². The van der Waals surface area contributed by atoms with Crippen LogP contribution in [0, 0.1) is 12.8 Å². The number of morpholine rings is 1. The molecule has 2 atom stereocenters. The van der Waals surface area contributed by atoms with Crippen LogP contribution < -0.4 is 5.73 Å². The van der Waals surface area contributed by atoms with Crippen molar-refractivity contribution in [3.05, 3.63) is 35.4 Å². The van der Waals surface area contributed by atoms with E-state index in [0.717, 1.165) is 12.8 Å². The number of hydrogen-bond donors (Lipinski definition) is 1. The number of amides is 1. The summed E-state index contributed by atoms with van der Waals surface area (Å²) < 4.78 is 5.88. The Bertz CT molecular complexity index is 537. The summed E-state index contributed by atoms with van der Waals surface area (Å²) in [6.07, 6.45) is 2.10. The summed E-state index contributed by atoms with van der Waals surface area (Å²) in [5.41, 5.74) is 7.93. The molecule has 0 aromatic heterocycles. The molecule has 0 unspecified atom stereocenters. The van der Waals surface area contributed by atoms with Crippen molar-refractivity contribution in [3.8, 4) is 0 Å². The molecule has 1 saturated heterocycles. The molecule has 114 valence electrons. The van der Waals surface area contributed by atoms with Crippen molar-refractivity contribution in [2.75, 3.05) is 19.7 Å². The first kappa shape index (κ1) is 14.5. The summed E-state index contributed by atoms with van der Waals surface area (Å²) in [4.78, 5) is 14.6. The molecule has 0 radical (unpaired) electrons. The molecule has 0 spiro atoms. The summed E-state index contributed by atoms with van der Waals surface area (Å²) in [6, 6.07) is 8.20. The van der Waals surface area contributed by atoms with Crippen molar-refractivity contribution < 1.29 is 9.53 Å². The Balaban J connectivity index is 1.74.